The van der Waals surface area contributed by atoms with E-state index < -0.39 is 0 Å². The highest BCUT2D eigenvalue weighted by Crippen LogP contribution is 2.25. The van der Waals surface area contributed by atoms with Crippen LogP contribution < -0.4 is 4.74 Å². The fraction of sp³-hybridized carbons (Fsp3) is 0.235. The van der Waals surface area contributed by atoms with Crippen molar-refractivity contribution < 1.29 is 9.53 Å². The lowest BCUT2D eigenvalue weighted by Gasteiger charge is -2.10. The van der Waals surface area contributed by atoms with Gasteiger partial charge in [-0.3, -0.25) is 4.79 Å². The number of hydrogen-bond acceptors (Lipinski definition) is 2. The van der Waals surface area contributed by atoms with E-state index in [1.807, 2.05) is 30.3 Å². The number of Topliss-reactive ketones (excluding diaryl/α,β-unsaturated/α-hetero) is 1. The van der Waals surface area contributed by atoms with Crippen LogP contribution in [0.15, 0.2) is 48.5 Å². The molecule has 0 aliphatic rings. The molecule has 0 N–H and O–H groups in total. The largest absolute Gasteiger partial charge is 0.457 e. The molecule has 0 fully saturated rings. The molecular formula is C17H18O2. The smallest absolute Gasteiger partial charge is 0.159 e. The highest BCUT2D eigenvalue weighted by atomic mass is 16.5. The van der Waals surface area contributed by atoms with E-state index in [0.717, 1.165) is 5.75 Å². The second-order valence-corrected chi connectivity index (χ2v) is 4.91. The average Bonchev–Trinajstić information content (AvgIpc) is 2.39. The van der Waals surface area contributed by atoms with Gasteiger partial charge in [0.1, 0.15) is 11.5 Å². The summed E-state index contributed by atoms with van der Waals surface area (Å²) in [5.74, 6) is 1.99. The van der Waals surface area contributed by atoms with Gasteiger partial charge in [-0.2, -0.15) is 0 Å². The van der Waals surface area contributed by atoms with Crippen molar-refractivity contribution in [3.63, 3.8) is 0 Å². The second kappa shape index (κ2) is 5.70. The third kappa shape index (κ3) is 3.44. The summed E-state index contributed by atoms with van der Waals surface area (Å²) in [6, 6.07) is 15.3. The van der Waals surface area contributed by atoms with Crippen LogP contribution in [-0.4, -0.2) is 5.78 Å². The lowest BCUT2D eigenvalue weighted by molar-refractivity contribution is 0.101. The van der Waals surface area contributed by atoms with Gasteiger partial charge >= 0.3 is 0 Å². The second-order valence-electron chi connectivity index (χ2n) is 4.91. The molecule has 0 unspecified atom stereocenters. The maximum atomic E-state index is 11.3. The number of carbonyl (C=O) groups excluding carboxylic acids is 1. The zero-order valence-electron chi connectivity index (χ0n) is 11.5. The molecule has 0 bridgehead atoms. The van der Waals surface area contributed by atoms with E-state index in [0.29, 0.717) is 17.2 Å². The quantitative estimate of drug-likeness (QED) is 0.732. The van der Waals surface area contributed by atoms with E-state index in [-0.39, 0.29) is 5.78 Å². The van der Waals surface area contributed by atoms with Crippen LogP contribution in [0.4, 0.5) is 0 Å². The van der Waals surface area contributed by atoms with Crippen LogP contribution in [0.25, 0.3) is 0 Å². The summed E-state index contributed by atoms with van der Waals surface area (Å²) in [6.45, 7) is 5.85. The molecule has 0 saturated heterocycles. The first-order valence-electron chi connectivity index (χ1n) is 6.45. The summed E-state index contributed by atoms with van der Waals surface area (Å²) < 4.78 is 5.81. The molecule has 2 heteroatoms. The lowest BCUT2D eigenvalue weighted by atomic mass is 10.0. The van der Waals surface area contributed by atoms with Crippen LogP contribution in [0.5, 0.6) is 11.5 Å². The van der Waals surface area contributed by atoms with E-state index in [2.05, 4.69) is 19.9 Å². The molecule has 0 atom stereocenters. The minimum absolute atomic E-state index is 0.0429. The fourth-order valence-corrected chi connectivity index (χ4v) is 1.85. The molecule has 0 heterocycles. The van der Waals surface area contributed by atoms with Crippen molar-refractivity contribution in [1.29, 1.82) is 0 Å². The number of carbonyl (C=O) groups is 1. The maximum Gasteiger partial charge on any atom is 0.159 e. The first-order chi connectivity index (χ1) is 9.06. The summed E-state index contributed by atoms with van der Waals surface area (Å²) in [7, 11) is 0. The van der Waals surface area contributed by atoms with Gasteiger partial charge in [-0.1, -0.05) is 38.1 Å². The highest BCUT2D eigenvalue weighted by molar-refractivity contribution is 5.94. The predicted octanol–water partition coefficient (Wildman–Crippen LogP) is 4.80. The number of ketones is 1. The standard InChI is InChI=1S/C17H18O2/c1-12(2)14-6-4-8-16(10-14)19-17-9-5-7-15(11-17)13(3)18/h4-12H,1-3H3. The lowest BCUT2D eigenvalue weighted by Crippen LogP contribution is -1.93. The normalized spacial score (nSPS) is 10.5. The van der Waals surface area contributed by atoms with E-state index in [9.17, 15) is 4.79 Å². The van der Waals surface area contributed by atoms with Gasteiger partial charge in [-0.25, -0.2) is 0 Å². The van der Waals surface area contributed by atoms with Crippen molar-refractivity contribution in [2.45, 2.75) is 26.7 Å². The van der Waals surface area contributed by atoms with Gasteiger partial charge in [0.15, 0.2) is 5.78 Å². The Labute approximate surface area is 114 Å². The fourth-order valence-electron chi connectivity index (χ4n) is 1.85. The molecule has 0 spiro atoms. The van der Waals surface area contributed by atoms with Crippen LogP contribution in [0.1, 0.15) is 42.6 Å². The molecule has 2 aromatic rings. The van der Waals surface area contributed by atoms with Gasteiger partial charge in [0, 0.05) is 5.56 Å². The van der Waals surface area contributed by atoms with Crippen molar-refractivity contribution in [3.05, 3.63) is 59.7 Å². The molecule has 0 saturated carbocycles. The number of hydrogen-bond donors (Lipinski definition) is 0. The monoisotopic (exact) mass is 254 g/mol. The molecule has 0 aliphatic heterocycles. The van der Waals surface area contributed by atoms with Crippen LogP contribution in [0, 0.1) is 0 Å². The SMILES string of the molecule is CC(=O)c1cccc(Oc2cccc(C(C)C)c2)c1. The third-order valence-electron chi connectivity index (χ3n) is 3.00. The molecule has 2 nitrogen and oxygen atoms in total. The Balaban J connectivity index is 2.23. The zero-order valence-corrected chi connectivity index (χ0v) is 11.5. The summed E-state index contributed by atoms with van der Waals surface area (Å²) in [4.78, 5) is 11.3. The van der Waals surface area contributed by atoms with Gasteiger partial charge in [-0.05, 0) is 42.7 Å². The van der Waals surface area contributed by atoms with E-state index in [1.165, 1.54) is 5.56 Å². The Bertz CT molecular complexity index is 585. The Morgan fingerprint density at radius 1 is 1.00 bits per heavy atom. The van der Waals surface area contributed by atoms with Crippen molar-refractivity contribution in [3.8, 4) is 11.5 Å². The van der Waals surface area contributed by atoms with E-state index in [4.69, 9.17) is 4.74 Å². The van der Waals surface area contributed by atoms with Gasteiger partial charge in [0.2, 0.25) is 0 Å². The topological polar surface area (TPSA) is 26.3 Å². The van der Waals surface area contributed by atoms with E-state index in [1.54, 1.807) is 19.1 Å². The number of ether oxygens (including phenoxy) is 1. The van der Waals surface area contributed by atoms with Crippen molar-refractivity contribution >= 4 is 5.78 Å². The molecule has 0 aromatic heterocycles. The first-order valence-corrected chi connectivity index (χ1v) is 6.45. The van der Waals surface area contributed by atoms with Gasteiger partial charge in [-0.15, -0.1) is 0 Å². The molecule has 0 aliphatic carbocycles. The van der Waals surface area contributed by atoms with Crippen LogP contribution >= 0.6 is 0 Å². The van der Waals surface area contributed by atoms with Gasteiger partial charge in [0.25, 0.3) is 0 Å². The van der Waals surface area contributed by atoms with Crippen molar-refractivity contribution in [2.24, 2.45) is 0 Å². The average molecular weight is 254 g/mol. The molecule has 2 aromatic carbocycles. The van der Waals surface area contributed by atoms with Crippen LogP contribution in [0.2, 0.25) is 0 Å². The summed E-state index contributed by atoms with van der Waals surface area (Å²) in [6.07, 6.45) is 0. The number of benzene rings is 2. The Morgan fingerprint density at radius 2 is 1.63 bits per heavy atom. The van der Waals surface area contributed by atoms with Crippen LogP contribution in [-0.2, 0) is 0 Å². The summed E-state index contributed by atoms with van der Waals surface area (Å²) in [5, 5.41) is 0. The molecular weight excluding hydrogens is 236 g/mol. The molecule has 0 amide bonds. The Hall–Kier alpha value is -2.09. The highest BCUT2D eigenvalue weighted by Gasteiger charge is 2.04. The van der Waals surface area contributed by atoms with Crippen LogP contribution in [0.3, 0.4) is 0 Å². The summed E-state index contributed by atoms with van der Waals surface area (Å²) in [5.41, 5.74) is 1.90. The van der Waals surface area contributed by atoms with Gasteiger partial charge < -0.3 is 4.74 Å². The molecule has 98 valence electrons. The Kier molecular flexibility index (Phi) is 4.00. The number of rotatable bonds is 4. The minimum Gasteiger partial charge on any atom is -0.457 e. The molecule has 0 radical (unpaired) electrons. The predicted molar refractivity (Wildman–Crippen MR) is 77.1 cm³/mol. The van der Waals surface area contributed by atoms with Crippen molar-refractivity contribution in [2.75, 3.05) is 0 Å². The first kappa shape index (κ1) is 13.3. The third-order valence-corrected chi connectivity index (χ3v) is 3.00. The zero-order chi connectivity index (χ0) is 13.8. The molecule has 19 heavy (non-hydrogen) atoms. The van der Waals surface area contributed by atoms with Crippen molar-refractivity contribution in [1.82, 2.24) is 0 Å². The minimum atomic E-state index is 0.0429. The Morgan fingerprint density at radius 3 is 2.26 bits per heavy atom. The summed E-state index contributed by atoms with van der Waals surface area (Å²) >= 11 is 0. The molecule has 2 rings (SSSR count). The van der Waals surface area contributed by atoms with E-state index >= 15 is 0 Å². The van der Waals surface area contributed by atoms with Gasteiger partial charge in [0.05, 0.1) is 0 Å². The maximum absolute atomic E-state index is 11.3.